The second-order valence-electron chi connectivity index (χ2n) is 10.1. The second-order valence-corrected chi connectivity index (χ2v) is 10.1. The van der Waals surface area contributed by atoms with E-state index in [9.17, 15) is 19.2 Å². The van der Waals surface area contributed by atoms with Gasteiger partial charge in [-0.25, -0.2) is 14.4 Å². The molecule has 0 radical (unpaired) electrons. The lowest BCUT2D eigenvalue weighted by molar-refractivity contribution is -0.143. The van der Waals surface area contributed by atoms with E-state index in [2.05, 4.69) is 6.58 Å². The molecule has 0 atom stereocenters. The minimum Gasteiger partial charge on any atom is -0.498 e. The van der Waals surface area contributed by atoms with Crippen molar-refractivity contribution in [3.8, 4) is 17.2 Å². The first-order chi connectivity index (χ1) is 21.8. The van der Waals surface area contributed by atoms with E-state index in [0.29, 0.717) is 92.5 Å². The predicted octanol–water partition coefficient (Wildman–Crippen LogP) is 6.36. The van der Waals surface area contributed by atoms with Crippen molar-refractivity contribution in [2.45, 2.75) is 58.8 Å². The zero-order chi connectivity index (χ0) is 32.4. The highest BCUT2D eigenvalue weighted by atomic mass is 16.5. The summed E-state index contributed by atoms with van der Waals surface area (Å²) in [6.45, 7) is 8.51. The number of unbranched alkanes of at least 4 members (excludes halogenated alkanes) is 2. The van der Waals surface area contributed by atoms with Crippen LogP contribution in [0.1, 0.15) is 67.8 Å². The predicted molar refractivity (Wildman–Crippen MR) is 166 cm³/mol. The van der Waals surface area contributed by atoms with Crippen molar-refractivity contribution in [2.75, 3.05) is 26.4 Å². The summed E-state index contributed by atoms with van der Waals surface area (Å²) in [6, 6.07) is 11.4. The molecule has 0 N–H and O–H groups in total. The van der Waals surface area contributed by atoms with Gasteiger partial charge in [0.05, 0.1) is 37.8 Å². The highest BCUT2D eigenvalue weighted by Gasteiger charge is 2.18. The molecule has 3 rings (SSSR count). The van der Waals surface area contributed by atoms with E-state index in [1.807, 2.05) is 0 Å². The minimum atomic E-state index is -0.532. The van der Waals surface area contributed by atoms with Gasteiger partial charge in [-0.3, -0.25) is 4.79 Å². The van der Waals surface area contributed by atoms with Gasteiger partial charge in [-0.1, -0.05) is 13.5 Å². The van der Waals surface area contributed by atoms with E-state index in [1.165, 1.54) is 0 Å². The van der Waals surface area contributed by atoms with Crippen molar-refractivity contribution in [1.82, 2.24) is 0 Å². The Morgan fingerprint density at radius 3 is 2.07 bits per heavy atom. The fourth-order valence-corrected chi connectivity index (χ4v) is 4.05. The Kier molecular flexibility index (Phi) is 14.4. The van der Waals surface area contributed by atoms with E-state index in [4.69, 9.17) is 28.4 Å². The summed E-state index contributed by atoms with van der Waals surface area (Å²) in [6.07, 6.45) is 8.90. The van der Waals surface area contributed by atoms with Gasteiger partial charge in [0.1, 0.15) is 17.2 Å². The van der Waals surface area contributed by atoms with Gasteiger partial charge in [-0.2, -0.15) is 0 Å². The highest BCUT2D eigenvalue weighted by Crippen LogP contribution is 2.27. The summed E-state index contributed by atoms with van der Waals surface area (Å²) >= 11 is 0. The molecule has 0 aliphatic heterocycles. The van der Waals surface area contributed by atoms with Crippen molar-refractivity contribution in [3.63, 3.8) is 0 Å². The van der Waals surface area contributed by atoms with Crippen LogP contribution in [0.3, 0.4) is 0 Å². The number of rotatable bonds is 18. The number of carbonyl (C=O) groups excluding carboxylic acids is 4. The highest BCUT2D eigenvalue weighted by molar-refractivity contribution is 5.92. The first-order valence-corrected chi connectivity index (χ1v) is 15.0. The van der Waals surface area contributed by atoms with E-state index < -0.39 is 17.9 Å². The number of allylic oxidation sites excluding steroid dienone is 3. The zero-order valence-electron chi connectivity index (χ0n) is 25.8. The number of hydrogen-bond donors (Lipinski definition) is 0. The lowest BCUT2D eigenvalue weighted by Gasteiger charge is -2.16. The summed E-state index contributed by atoms with van der Waals surface area (Å²) in [5, 5.41) is 0. The summed E-state index contributed by atoms with van der Waals surface area (Å²) < 4.78 is 32.5. The number of carbonyl (C=O) groups is 4. The summed E-state index contributed by atoms with van der Waals surface area (Å²) in [7, 11) is 0. The van der Waals surface area contributed by atoms with Crippen LogP contribution in [0, 0.1) is 6.92 Å². The number of benzene rings is 2. The van der Waals surface area contributed by atoms with Crippen LogP contribution in [0.25, 0.3) is 0 Å². The number of hydrogen-bond acceptors (Lipinski definition) is 10. The molecule has 0 saturated carbocycles. The van der Waals surface area contributed by atoms with Crippen LogP contribution in [0.4, 0.5) is 0 Å². The molecule has 0 heterocycles. The normalized spacial score (nSPS) is 12.2. The Labute approximate surface area is 263 Å². The van der Waals surface area contributed by atoms with Crippen LogP contribution in [0.2, 0.25) is 0 Å². The standard InChI is InChI=1S/C35H40O10/c1-4-32(36)42-22-8-6-20-40-28-14-10-26(11-15-28)34(38)44-30-18-19-31(25(3)24-30)45-35(39)27-12-16-29(17-13-27)41-21-7-9-23-43-33(37)5-2/h5,10,12-14,16-19,24H,2,4,6-9,11,15,20-23H2,1,3H3. The topological polar surface area (TPSA) is 124 Å². The molecule has 1 aliphatic rings. The van der Waals surface area contributed by atoms with Gasteiger partial charge < -0.3 is 28.4 Å². The Morgan fingerprint density at radius 2 is 1.42 bits per heavy atom. The lowest BCUT2D eigenvalue weighted by Crippen LogP contribution is -2.14. The number of esters is 4. The van der Waals surface area contributed by atoms with Gasteiger partial charge in [0.2, 0.25) is 0 Å². The van der Waals surface area contributed by atoms with E-state index >= 15 is 0 Å². The number of aryl methyl sites for hydroxylation is 1. The van der Waals surface area contributed by atoms with Gasteiger partial charge in [0.25, 0.3) is 0 Å². The molecule has 2 aromatic rings. The smallest absolute Gasteiger partial charge is 0.343 e. The molecule has 2 aromatic carbocycles. The lowest BCUT2D eigenvalue weighted by atomic mass is 10.0. The van der Waals surface area contributed by atoms with Gasteiger partial charge in [-0.15, -0.1) is 0 Å². The van der Waals surface area contributed by atoms with Crippen molar-refractivity contribution in [2.24, 2.45) is 0 Å². The van der Waals surface area contributed by atoms with E-state index in [0.717, 1.165) is 24.7 Å². The van der Waals surface area contributed by atoms with Crippen LogP contribution in [-0.4, -0.2) is 50.3 Å². The molecule has 45 heavy (non-hydrogen) atoms. The SMILES string of the molecule is C=CC(=O)OCCCCOc1ccc(C(=O)Oc2ccc(OC(=O)C3=CC=C(OCCCCOC(=O)CC)CC3)cc2C)cc1. The molecule has 10 nitrogen and oxygen atoms in total. The molecule has 0 saturated heterocycles. The van der Waals surface area contributed by atoms with Gasteiger partial charge >= 0.3 is 23.9 Å². The fraction of sp³-hybridized carbons (Fsp3) is 0.371. The van der Waals surface area contributed by atoms with Crippen molar-refractivity contribution in [3.05, 3.63) is 89.7 Å². The Hall–Kier alpha value is -4.86. The van der Waals surface area contributed by atoms with Crippen LogP contribution in [0.15, 0.2) is 78.6 Å². The molecule has 0 amide bonds. The molecular weight excluding hydrogens is 580 g/mol. The Bertz CT molecular complexity index is 1390. The average molecular weight is 621 g/mol. The molecule has 0 spiro atoms. The van der Waals surface area contributed by atoms with Crippen LogP contribution >= 0.6 is 0 Å². The maximum atomic E-state index is 12.7. The third-order valence-corrected chi connectivity index (χ3v) is 6.62. The fourth-order valence-electron chi connectivity index (χ4n) is 4.05. The van der Waals surface area contributed by atoms with Crippen molar-refractivity contribution in [1.29, 1.82) is 0 Å². The maximum absolute atomic E-state index is 12.7. The first-order valence-electron chi connectivity index (χ1n) is 15.0. The third-order valence-electron chi connectivity index (χ3n) is 6.62. The van der Waals surface area contributed by atoms with Gasteiger partial charge in [-0.05, 0) is 99.2 Å². The molecule has 0 fully saturated rings. The summed E-state index contributed by atoms with van der Waals surface area (Å²) in [5.74, 6) is 0.455. The largest absolute Gasteiger partial charge is 0.498 e. The Balaban J connectivity index is 1.40. The summed E-state index contributed by atoms with van der Waals surface area (Å²) in [4.78, 5) is 47.6. The van der Waals surface area contributed by atoms with E-state index in [-0.39, 0.29) is 5.97 Å². The van der Waals surface area contributed by atoms with Crippen LogP contribution < -0.4 is 14.2 Å². The number of ether oxygens (including phenoxy) is 6. The van der Waals surface area contributed by atoms with Gasteiger partial charge in [0, 0.05) is 24.5 Å². The molecule has 240 valence electrons. The van der Waals surface area contributed by atoms with Crippen molar-refractivity contribution >= 4 is 23.9 Å². The molecular formula is C35H40O10. The zero-order valence-corrected chi connectivity index (χ0v) is 25.8. The quantitative estimate of drug-likeness (QED) is 0.0805. The maximum Gasteiger partial charge on any atom is 0.343 e. The monoisotopic (exact) mass is 620 g/mol. The Morgan fingerprint density at radius 1 is 0.756 bits per heavy atom. The third kappa shape index (κ3) is 12.3. The first kappa shape index (κ1) is 34.6. The minimum absolute atomic E-state index is 0.203. The van der Waals surface area contributed by atoms with E-state index in [1.54, 1.807) is 68.5 Å². The van der Waals surface area contributed by atoms with Crippen LogP contribution in [0.5, 0.6) is 17.2 Å². The summed E-state index contributed by atoms with van der Waals surface area (Å²) in [5.41, 5.74) is 1.51. The van der Waals surface area contributed by atoms with Crippen LogP contribution in [-0.2, 0) is 28.6 Å². The molecule has 0 aromatic heterocycles. The molecule has 1 aliphatic carbocycles. The van der Waals surface area contributed by atoms with Gasteiger partial charge in [0.15, 0.2) is 0 Å². The molecule has 0 bridgehead atoms. The van der Waals surface area contributed by atoms with Crippen molar-refractivity contribution < 1.29 is 47.6 Å². The average Bonchev–Trinajstić information content (AvgIpc) is 3.05. The molecule has 10 heteroatoms. The second kappa shape index (κ2) is 18.7. The molecule has 0 unspecified atom stereocenters.